The van der Waals surface area contributed by atoms with Crippen molar-refractivity contribution >= 4 is 45.2 Å². The summed E-state index contributed by atoms with van der Waals surface area (Å²) in [6, 6.07) is 0. The van der Waals surface area contributed by atoms with E-state index in [1.54, 1.807) is 35.6 Å². The molecule has 0 radical (unpaired) electrons. The number of ether oxygens (including phenoxy) is 2. The van der Waals surface area contributed by atoms with Crippen molar-refractivity contribution in [2.75, 3.05) is 31.8 Å². The summed E-state index contributed by atoms with van der Waals surface area (Å²) in [5.74, 6) is -0.0985. The minimum absolute atomic E-state index is 0.112. The van der Waals surface area contributed by atoms with E-state index in [9.17, 15) is 24.3 Å². The lowest BCUT2D eigenvalue weighted by Gasteiger charge is -2.40. The second-order valence-electron chi connectivity index (χ2n) is 11.5. The highest BCUT2D eigenvalue weighted by Gasteiger charge is 2.72. The molecule has 2 fully saturated rings. The molecule has 9 nitrogen and oxygen atoms in total. The maximum Gasteiger partial charge on any atom is 0.404 e. The number of nitrogens with two attached hydrogens (primary N) is 1. The molecule has 0 aromatic rings. The van der Waals surface area contributed by atoms with E-state index in [4.69, 9.17) is 15.2 Å². The van der Waals surface area contributed by atoms with E-state index >= 15 is 0 Å². The van der Waals surface area contributed by atoms with Crippen molar-refractivity contribution in [3.63, 3.8) is 0 Å². The predicted octanol–water partition coefficient (Wildman–Crippen LogP) is 4.03. The molecule has 0 spiro atoms. The van der Waals surface area contributed by atoms with Crippen molar-refractivity contribution in [2.45, 2.75) is 59.1 Å². The van der Waals surface area contributed by atoms with Gasteiger partial charge >= 0.3 is 12.1 Å². The Morgan fingerprint density at radius 3 is 2.58 bits per heavy atom. The molecule has 1 amide bonds. The number of nitrogens with zero attached hydrogens (tertiary/aromatic N) is 1. The molecule has 2 aliphatic heterocycles. The van der Waals surface area contributed by atoms with Crippen LogP contribution in [0.1, 0.15) is 53.4 Å². The Balaban J connectivity index is 1.49. The van der Waals surface area contributed by atoms with Crippen molar-refractivity contribution < 1.29 is 33.8 Å². The predicted molar refractivity (Wildman–Crippen MR) is 146 cm³/mol. The maximum absolute atomic E-state index is 14.1. The van der Waals surface area contributed by atoms with Crippen molar-refractivity contribution in [3.8, 4) is 0 Å². The van der Waals surface area contributed by atoms with Gasteiger partial charge in [-0.05, 0) is 43.9 Å². The Morgan fingerprint density at radius 2 is 1.97 bits per heavy atom. The summed E-state index contributed by atoms with van der Waals surface area (Å²) in [6.07, 6.45) is 1.87. The highest BCUT2D eigenvalue weighted by molar-refractivity contribution is 8.76. The fourth-order valence-electron chi connectivity index (χ4n) is 6.34. The monoisotopic (exact) mass is 566 g/mol. The number of amides is 1. The quantitative estimate of drug-likeness (QED) is 0.191. The standard InChI is InChI=1S/C27H38N2O7S2/c1-6-15(24(32)33)13-38-37-8-7-26(3,4)10-17-14(2)22(30)21-20(23(17)31)19(12-36-25(28)34)27(35-5)18-9-16(18)11-29(21)27/h15-16,18-19H,6-13H2,1-5H3,(H2,28,34)(H,32,33)/t15-,16-,18-,19+,27-/m0/s1. The molecule has 2 aliphatic carbocycles. The van der Waals surface area contributed by atoms with Gasteiger partial charge in [-0.1, -0.05) is 42.4 Å². The number of carbonyl (C=O) groups excluding carboxylic acids is 3. The highest BCUT2D eigenvalue weighted by atomic mass is 33.1. The van der Waals surface area contributed by atoms with Gasteiger partial charge in [0.25, 0.3) is 0 Å². The van der Waals surface area contributed by atoms with Crippen molar-refractivity contribution in [2.24, 2.45) is 34.8 Å². The summed E-state index contributed by atoms with van der Waals surface area (Å²) in [6.45, 7) is 8.31. The van der Waals surface area contributed by atoms with Crippen LogP contribution in [0.25, 0.3) is 0 Å². The molecule has 38 heavy (non-hydrogen) atoms. The van der Waals surface area contributed by atoms with Crippen LogP contribution in [0, 0.1) is 29.1 Å². The first-order valence-corrected chi connectivity index (χ1v) is 15.6. The number of Topliss-reactive ketones (excluding diaryl/α,β-unsaturated/α-hetero) is 2. The maximum atomic E-state index is 14.1. The van der Waals surface area contributed by atoms with Crippen LogP contribution in [0.2, 0.25) is 0 Å². The first kappa shape index (κ1) is 29.0. The van der Waals surface area contributed by atoms with Crippen molar-refractivity contribution in [1.82, 2.24) is 4.90 Å². The normalized spacial score (nSPS) is 28.9. The number of carbonyl (C=O) groups is 4. The summed E-state index contributed by atoms with van der Waals surface area (Å²) in [4.78, 5) is 52.5. The van der Waals surface area contributed by atoms with Gasteiger partial charge in [-0.15, -0.1) is 0 Å². The first-order chi connectivity index (χ1) is 17.9. The lowest BCUT2D eigenvalue weighted by atomic mass is 9.74. The van der Waals surface area contributed by atoms with Crippen LogP contribution in [0.15, 0.2) is 22.4 Å². The molecule has 0 bridgehead atoms. The van der Waals surface area contributed by atoms with E-state index in [1.165, 1.54) is 0 Å². The van der Waals surface area contributed by atoms with Gasteiger partial charge in [-0.3, -0.25) is 14.4 Å². The molecule has 4 aliphatic rings. The largest absolute Gasteiger partial charge is 0.481 e. The van der Waals surface area contributed by atoms with Gasteiger partial charge in [0.1, 0.15) is 6.61 Å². The van der Waals surface area contributed by atoms with Crippen molar-refractivity contribution in [1.29, 1.82) is 0 Å². The van der Waals surface area contributed by atoms with Gasteiger partial charge in [0, 0.05) is 47.8 Å². The zero-order valence-corrected chi connectivity index (χ0v) is 24.3. The molecule has 0 aromatic heterocycles. The van der Waals surface area contributed by atoms with E-state index in [0.29, 0.717) is 53.5 Å². The van der Waals surface area contributed by atoms with Crippen LogP contribution in [0.5, 0.6) is 0 Å². The lowest BCUT2D eigenvalue weighted by molar-refractivity contribution is -0.146. The average Bonchev–Trinajstić information content (AvgIpc) is 3.46. The second kappa shape index (κ2) is 10.9. The minimum atomic E-state index is -0.922. The Labute approximate surface area is 231 Å². The number of hydrogen-bond acceptors (Lipinski definition) is 9. The van der Waals surface area contributed by atoms with Gasteiger partial charge in [-0.25, -0.2) is 4.79 Å². The Hall–Kier alpha value is -1.98. The molecule has 1 saturated heterocycles. The third kappa shape index (κ3) is 5.01. The fraction of sp³-hybridized carbons (Fsp3) is 0.704. The number of allylic oxidation sites excluding steroid dienone is 2. The first-order valence-electron chi connectivity index (χ1n) is 13.1. The SMILES string of the molecule is CC[C@@H](CSSCCC(C)(C)CC1=C(C)C(=O)C2=C(C1=O)[C@@H](COC(N)=O)[C@@]1(OC)[C@H]3C[C@H]3CN21)C(=O)O. The summed E-state index contributed by atoms with van der Waals surface area (Å²) in [5, 5.41) is 9.23. The molecule has 5 atom stereocenters. The summed E-state index contributed by atoms with van der Waals surface area (Å²) in [7, 11) is 4.80. The number of primary amides is 1. The summed E-state index contributed by atoms with van der Waals surface area (Å²) >= 11 is 0. The van der Waals surface area contributed by atoms with Gasteiger partial charge in [0.2, 0.25) is 5.78 Å². The Bertz CT molecular complexity index is 1100. The highest BCUT2D eigenvalue weighted by Crippen LogP contribution is 2.65. The minimum Gasteiger partial charge on any atom is -0.481 e. The number of carboxylic acids is 1. The fourth-order valence-corrected chi connectivity index (χ4v) is 9.12. The van der Waals surface area contributed by atoms with E-state index in [1.807, 2.05) is 11.8 Å². The molecular formula is C27H38N2O7S2. The smallest absolute Gasteiger partial charge is 0.404 e. The van der Waals surface area contributed by atoms with Gasteiger partial charge in [0.15, 0.2) is 11.5 Å². The third-order valence-electron chi connectivity index (χ3n) is 8.62. The van der Waals surface area contributed by atoms with E-state index < -0.39 is 23.7 Å². The van der Waals surface area contributed by atoms with Crippen LogP contribution < -0.4 is 5.73 Å². The van der Waals surface area contributed by atoms with E-state index in [-0.39, 0.29) is 35.4 Å². The lowest BCUT2D eigenvalue weighted by Crippen LogP contribution is -2.51. The molecular weight excluding hydrogens is 528 g/mol. The molecule has 11 heteroatoms. The second-order valence-corrected chi connectivity index (χ2v) is 14.1. The molecule has 210 valence electrons. The van der Waals surface area contributed by atoms with Crippen LogP contribution in [0.3, 0.4) is 0 Å². The third-order valence-corrected chi connectivity index (χ3v) is 11.1. The summed E-state index contributed by atoms with van der Waals surface area (Å²) < 4.78 is 11.3. The number of rotatable bonds is 13. The van der Waals surface area contributed by atoms with Crippen LogP contribution >= 0.6 is 21.6 Å². The van der Waals surface area contributed by atoms with Gasteiger partial charge in [-0.2, -0.15) is 0 Å². The van der Waals surface area contributed by atoms with E-state index in [2.05, 4.69) is 13.8 Å². The van der Waals surface area contributed by atoms with Crippen molar-refractivity contribution in [3.05, 3.63) is 22.4 Å². The number of methoxy groups -OCH3 is 1. The zero-order valence-electron chi connectivity index (χ0n) is 22.7. The Kier molecular flexibility index (Phi) is 8.31. The number of hydrogen-bond donors (Lipinski definition) is 2. The molecule has 1 saturated carbocycles. The zero-order chi connectivity index (χ0) is 28.0. The average molecular weight is 567 g/mol. The topological polar surface area (TPSA) is 136 Å². The molecule has 0 unspecified atom stereocenters. The van der Waals surface area contributed by atoms with Gasteiger partial charge < -0.3 is 25.2 Å². The van der Waals surface area contributed by atoms with Gasteiger partial charge in [0.05, 0.1) is 17.5 Å². The number of fused-ring (bicyclic) bond motifs is 4. The van der Waals surface area contributed by atoms with Crippen LogP contribution in [0.4, 0.5) is 4.79 Å². The van der Waals surface area contributed by atoms with E-state index in [0.717, 1.165) is 18.6 Å². The van der Waals surface area contributed by atoms with Crippen LogP contribution in [-0.4, -0.2) is 71.1 Å². The molecule has 2 heterocycles. The number of ketones is 2. The summed E-state index contributed by atoms with van der Waals surface area (Å²) in [5.41, 5.74) is 5.92. The molecule has 0 aromatic carbocycles. The van der Waals surface area contributed by atoms with Crippen LogP contribution in [-0.2, 0) is 23.9 Å². The molecule has 4 rings (SSSR count). The Morgan fingerprint density at radius 1 is 1.26 bits per heavy atom. The number of piperidine rings is 1. The molecule has 3 N–H and O–H groups in total. The number of carboxylic acid groups (broad SMARTS) is 1. The number of aliphatic carboxylic acids is 1.